The summed E-state index contributed by atoms with van der Waals surface area (Å²) in [5, 5.41) is 1.45. The van der Waals surface area contributed by atoms with Crippen molar-refractivity contribution in [3.63, 3.8) is 0 Å². The third-order valence-electron chi connectivity index (χ3n) is 5.89. The van der Waals surface area contributed by atoms with E-state index in [9.17, 15) is 9.59 Å². The minimum absolute atomic E-state index is 0.00609. The summed E-state index contributed by atoms with van der Waals surface area (Å²) in [6.45, 7) is 0. The van der Waals surface area contributed by atoms with Gasteiger partial charge in [-0.2, -0.15) is 0 Å². The Bertz CT molecular complexity index is 677. The number of amides is 2. The zero-order valence-electron chi connectivity index (χ0n) is 11.5. The molecule has 1 saturated heterocycles. The van der Waals surface area contributed by atoms with Gasteiger partial charge in [-0.15, -0.1) is 0 Å². The summed E-state index contributed by atoms with van der Waals surface area (Å²) in [4.78, 5) is 25.5. The van der Waals surface area contributed by atoms with Crippen molar-refractivity contribution < 1.29 is 9.59 Å². The van der Waals surface area contributed by atoms with Gasteiger partial charge in [0.2, 0.25) is 11.8 Å². The Morgan fingerprint density at radius 1 is 1.00 bits per heavy atom. The lowest BCUT2D eigenvalue weighted by Gasteiger charge is -2.37. The Labute approximate surface area is 122 Å². The van der Waals surface area contributed by atoms with Crippen LogP contribution in [0.3, 0.4) is 0 Å². The molecule has 0 radical (unpaired) electrons. The van der Waals surface area contributed by atoms with Crippen LogP contribution >= 0.6 is 0 Å². The summed E-state index contributed by atoms with van der Waals surface area (Å²) in [6, 6.07) is 9.37. The van der Waals surface area contributed by atoms with Gasteiger partial charge < -0.3 is 0 Å². The van der Waals surface area contributed by atoms with Crippen molar-refractivity contribution in [1.29, 1.82) is 0 Å². The fourth-order valence-corrected chi connectivity index (χ4v) is 4.85. The third kappa shape index (κ3) is 1.26. The van der Waals surface area contributed by atoms with Crippen LogP contribution in [0.4, 0.5) is 5.69 Å². The predicted molar refractivity (Wildman–Crippen MR) is 76.8 cm³/mol. The molecule has 1 aliphatic heterocycles. The van der Waals surface area contributed by atoms with Gasteiger partial charge in [0.05, 0.1) is 17.5 Å². The molecule has 1 N–H and O–H groups in total. The quantitative estimate of drug-likeness (QED) is 0.799. The second kappa shape index (κ2) is 3.56. The summed E-state index contributed by atoms with van der Waals surface area (Å²) in [5.41, 5.74) is 3.79. The standard InChI is InChI=1S/C17H16N2O2/c20-15-13-11-6-7-12(17(11)8-9-17)14(13)16(21)19(18-15)10-4-2-1-3-5-10/h1-7,11-14H,8-9H2,(H,18,20)/t11-,12+,13+,14+/m1/s1. The Balaban J connectivity index is 1.57. The number of hydrogen-bond acceptors (Lipinski definition) is 2. The van der Waals surface area contributed by atoms with E-state index in [1.54, 1.807) is 0 Å². The number of allylic oxidation sites excluding steroid dienone is 2. The number of nitrogens with one attached hydrogen (secondary N) is 1. The molecule has 4 atom stereocenters. The highest BCUT2D eigenvalue weighted by molar-refractivity contribution is 6.05. The summed E-state index contributed by atoms with van der Waals surface area (Å²) in [6.07, 6.45) is 6.70. The lowest BCUT2D eigenvalue weighted by Crippen LogP contribution is -2.60. The van der Waals surface area contributed by atoms with Crippen LogP contribution in [0.25, 0.3) is 0 Å². The van der Waals surface area contributed by atoms with Crippen LogP contribution in [0.2, 0.25) is 0 Å². The van der Waals surface area contributed by atoms with Crippen LogP contribution in [0, 0.1) is 29.1 Å². The zero-order chi connectivity index (χ0) is 14.2. The molecule has 4 heteroatoms. The van der Waals surface area contributed by atoms with Crippen molar-refractivity contribution in [3.05, 3.63) is 42.5 Å². The zero-order valence-corrected chi connectivity index (χ0v) is 11.5. The fraction of sp³-hybridized carbons (Fsp3) is 0.412. The van der Waals surface area contributed by atoms with E-state index < -0.39 is 0 Å². The summed E-state index contributed by atoms with van der Waals surface area (Å²) >= 11 is 0. The van der Waals surface area contributed by atoms with E-state index in [2.05, 4.69) is 17.6 Å². The van der Waals surface area contributed by atoms with E-state index >= 15 is 0 Å². The van der Waals surface area contributed by atoms with Crippen molar-refractivity contribution in [1.82, 2.24) is 5.43 Å². The van der Waals surface area contributed by atoms with Crippen molar-refractivity contribution in [2.45, 2.75) is 12.8 Å². The first-order chi connectivity index (χ1) is 10.2. The van der Waals surface area contributed by atoms with E-state index in [0.717, 1.165) is 18.5 Å². The fourth-order valence-electron chi connectivity index (χ4n) is 4.85. The highest BCUT2D eigenvalue weighted by Gasteiger charge is 2.71. The molecular formula is C17H16N2O2. The largest absolute Gasteiger partial charge is 0.273 e. The molecule has 4 aliphatic rings. The molecule has 1 spiro atoms. The molecule has 1 aromatic rings. The van der Waals surface area contributed by atoms with Gasteiger partial charge in [-0.3, -0.25) is 15.0 Å². The number of carbonyl (C=O) groups is 2. The lowest BCUT2D eigenvalue weighted by molar-refractivity contribution is -0.140. The molecule has 3 aliphatic carbocycles. The number of carbonyl (C=O) groups excluding carboxylic acids is 2. The van der Waals surface area contributed by atoms with Crippen molar-refractivity contribution >= 4 is 17.5 Å². The van der Waals surface area contributed by atoms with Crippen LogP contribution in [0.15, 0.2) is 42.5 Å². The Hall–Kier alpha value is -2.10. The number of anilines is 1. The molecule has 5 rings (SSSR count). The maximum absolute atomic E-state index is 12.9. The minimum atomic E-state index is -0.170. The SMILES string of the molecule is O=C1NN(c2ccccc2)C(=O)[C@@H]2[C@@H]1[C@H]1C=C[C@@H]2C12CC2. The number of hydrogen-bond donors (Lipinski definition) is 1. The third-order valence-corrected chi connectivity index (χ3v) is 5.89. The topological polar surface area (TPSA) is 49.4 Å². The van der Waals surface area contributed by atoms with Crippen LogP contribution < -0.4 is 10.4 Å². The minimum Gasteiger partial charge on any atom is -0.273 e. The van der Waals surface area contributed by atoms with Gasteiger partial charge in [-0.05, 0) is 42.2 Å². The van der Waals surface area contributed by atoms with Gasteiger partial charge in [0.1, 0.15) is 0 Å². The predicted octanol–water partition coefficient (Wildman–Crippen LogP) is 1.89. The normalized spacial score (nSPS) is 37.8. The van der Waals surface area contributed by atoms with Crippen LogP contribution in [-0.4, -0.2) is 11.8 Å². The Morgan fingerprint density at radius 2 is 1.67 bits per heavy atom. The van der Waals surface area contributed by atoms with E-state index in [-0.39, 0.29) is 40.9 Å². The van der Waals surface area contributed by atoms with Gasteiger partial charge in [0.25, 0.3) is 0 Å². The van der Waals surface area contributed by atoms with Crippen LogP contribution in [0.5, 0.6) is 0 Å². The molecule has 21 heavy (non-hydrogen) atoms. The summed E-state index contributed by atoms with van der Waals surface area (Å²) in [5.74, 6) is 0.263. The first-order valence-corrected chi connectivity index (χ1v) is 7.60. The Kier molecular flexibility index (Phi) is 1.96. The molecule has 2 saturated carbocycles. The number of hydrazine groups is 1. The summed E-state index contributed by atoms with van der Waals surface area (Å²) < 4.78 is 0. The molecule has 106 valence electrons. The maximum atomic E-state index is 12.9. The van der Waals surface area contributed by atoms with E-state index in [4.69, 9.17) is 0 Å². The highest BCUT2D eigenvalue weighted by atomic mass is 16.2. The molecule has 1 aromatic carbocycles. The lowest BCUT2D eigenvalue weighted by atomic mass is 9.80. The van der Waals surface area contributed by atoms with E-state index in [0.29, 0.717) is 0 Å². The monoisotopic (exact) mass is 280 g/mol. The number of nitrogens with zero attached hydrogens (tertiary/aromatic N) is 1. The highest BCUT2D eigenvalue weighted by Crippen LogP contribution is 2.72. The molecule has 4 nitrogen and oxygen atoms in total. The second-order valence-corrected chi connectivity index (χ2v) is 6.71. The van der Waals surface area contributed by atoms with Crippen molar-refractivity contribution in [2.75, 3.05) is 5.01 Å². The number of para-hydroxylation sites is 1. The number of rotatable bonds is 1. The van der Waals surface area contributed by atoms with Gasteiger partial charge in [0.15, 0.2) is 0 Å². The van der Waals surface area contributed by atoms with Gasteiger partial charge >= 0.3 is 0 Å². The molecule has 3 fully saturated rings. The van der Waals surface area contributed by atoms with Crippen LogP contribution in [0.1, 0.15) is 12.8 Å². The van der Waals surface area contributed by atoms with Crippen molar-refractivity contribution in [3.8, 4) is 0 Å². The van der Waals surface area contributed by atoms with E-state index in [1.807, 2.05) is 30.3 Å². The molecule has 2 bridgehead atoms. The van der Waals surface area contributed by atoms with Gasteiger partial charge in [-0.1, -0.05) is 30.4 Å². The smallest absolute Gasteiger partial charge is 0.250 e. The average Bonchev–Trinajstić information content (AvgIpc) is 3.17. The first kappa shape index (κ1) is 11.5. The average molecular weight is 280 g/mol. The molecule has 0 unspecified atom stereocenters. The molecule has 2 amide bonds. The van der Waals surface area contributed by atoms with Crippen molar-refractivity contribution in [2.24, 2.45) is 29.1 Å². The van der Waals surface area contributed by atoms with Gasteiger partial charge in [0, 0.05) is 0 Å². The molecule has 0 aromatic heterocycles. The van der Waals surface area contributed by atoms with E-state index in [1.165, 1.54) is 5.01 Å². The first-order valence-electron chi connectivity index (χ1n) is 7.60. The second-order valence-electron chi connectivity index (χ2n) is 6.71. The van der Waals surface area contributed by atoms with Gasteiger partial charge in [-0.25, -0.2) is 5.01 Å². The maximum Gasteiger partial charge on any atom is 0.250 e. The molecular weight excluding hydrogens is 264 g/mol. The number of fused-ring (bicyclic) bond motifs is 3. The Morgan fingerprint density at radius 3 is 2.33 bits per heavy atom. The summed E-state index contributed by atoms with van der Waals surface area (Å²) in [7, 11) is 0. The number of benzene rings is 1. The molecule has 1 heterocycles. The van der Waals surface area contributed by atoms with Crippen LogP contribution in [-0.2, 0) is 9.59 Å².